The Morgan fingerprint density at radius 1 is 1.37 bits per heavy atom. The lowest BCUT2D eigenvalue weighted by Gasteiger charge is -2.33. The zero-order valence-electron chi connectivity index (χ0n) is 12.7. The molecule has 1 rings (SSSR count). The smallest absolute Gasteiger partial charge is 0.237 e. The first-order valence-corrected chi connectivity index (χ1v) is 7.69. The van der Waals surface area contributed by atoms with Crippen molar-refractivity contribution in [3.63, 3.8) is 0 Å². The van der Waals surface area contributed by atoms with Crippen LogP contribution in [0.25, 0.3) is 0 Å². The van der Waals surface area contributed by atoms with E-state index < -0.39 is 0 Å². The summed E-state index contributed by atoms with van der Waals surface area (Å²) in [6.45, 7) is 6.19. The summed E-state index contributed by atoms with van der Waals surface area (Å²) >= 11 is 0. The lowest BCUT2D eigenvalue weighted by Crippen LogP contribution is -2.54. The number of aliphatic hydroxyl groups is 1. The Balaban J connectivity index is 2.42. The predicted molar refractivity (Wildman–Crippen MR) is 78.0 cm³/mol. The summed E-state index contributed by atoms with van der Waals surface area (Å²) in [5.41, 5.74) is -0.169. The second kappa shape index (κ2) is 7.85. The summed E-state index contributed by atoms with van der Waals surface area (Å²) in [7, 11) is 0. The van der Waals surface area contributed by atoms with Gasteiger partial charge in [-0.2, -0.15) is 0 Å². The van der Waals surface area contributed by atoms with Gasteiger partial charge >= 0.3 is 0 Å². The number of carbonyl (C=O) groups excluding carboxylic acids is 1. The van der Waals surface area contributed by atoms with Crippen LogP contribution in [0, 0.1) is 0 Å². The van der Waals surface area contributed by atoms with E-state index in [1.54, 1.807) is 0 Å². The van der Waals surface area contributed by atoms with Crippen molar-refractivity contribution in [3.8, 4) is 0 Å². The first-order chi connectivity index (χ1) is 9.00. The van der Waals surface area contributed by atoms with Gasteiger partial charge in [0, 0.05) is 18.2 Å². The summed E-state index contributed by atoms with van der Waals surface area (Å²) in [6.07, 6.45) is 7.54. The molecule has 4 heteroatoms. The third kappa shape index (κ3) is 5.49. The Bertz CT molecular complexity index is 277. The molecule has 0 aromatic rings. The van der Waals surface area contributed by atoms with Gasteiger partial charge in [-0.05, 0) is 39.5 Å². The van der Waals surface area contributed by atoms with Crippen LogP contribution in [0.4, 0.5) is 0 Å². The van der Waals surface area contributed by atoms with Crippen molar-refractivity contribution < 1.29 is 9.90 Å². The van der Waals surface area contributed by atoms with Crippen LogP contribution in [0.1, 0.15) is 65.7 Å². The molecule has 2 atom stereocenters. The summed E-state index contributed by atoms with van der Waals surface area (Å²) in [5, 5.41) is 15.6. The van der Waals surface area contributed by atoms with E-state index in [1.807, 2.05) is 6.92 Å². The fraction of sp³-hybridized carbons (Fsp3) is 0.933. The molecule has 19 heavy (non-hydrogen) atoms. The van der Waals surface area contributed by atoms with Crippen LogP contribution in [0.2, 0.25) is 0 Å². The van der Waals surface area contributed by atoms with Crippen molar-refractivity contribution in [3.05, 3.63) is 0 Å². The van der Waals surface area contributed by atoms with Gasteiger partial charge in [-0.3, -0.25) is 4.79 Å². The molecule has 4 nitrogen and oxygen atoms in total. The first-order valence-electron chi connectivity index (χ1n) is 7.69. The van der Waals surface area contributed by atoms with E-state index in [-0.39, 0.29) is 24.1 Å². The fourth-order valence-electron chi connectivity index (χ4n) is 2.76. The van der Waals surface area contributed by atoms with Crippen molar-refractivity contribution in [1.82, 2.24) is 10.6 Å². The van der Waals surface area contributed by atoms with Gasteiger partial charge in [-0.1, -0.05) is 26.2 Å². The van der Waals surface area contributed by atoms with Gasteiger partial charge in [0.25, 0.3) is 0 Å². The van der Waals surface area contributed by atoms with Gasteiger partial charge < -0.3 is 15.7 Å². The molecule has 112 valence electrons. The topological polar surface area (TPSA) is 61.4 Å². The maximum absolute atomic E-state index is 12.2. The van der Waals surface area contributed by atoms with Crippen molar-refractivity contribution in [2.75, 3.05) is 6.61 Å². The monoisotopic (exact) mass is 270 g/mol. The van der Waals surface area contributed by atoms with E-state index >= 15 is 0 Å². The zero-order chi connectivity index (χ0) is 14.3. The molecule has 1 amide bonds. The highest BCUT2D eigenvalue weighted by atomic mass is 16.3. The third-order valence-electron chi connectivity index (χ3n) is 4.35. The van der Waals surface area contributed by atoms with Crippen molar-refractivity contribution >= 4 is 5.91 Å². The second-order valence-corrected chi connectivity index (χ2v) is 6.10. The lowest BCUT2D eigenvalue weighted by atomic mass is 9.93. The highest BCUT2D eigenvalue weighted by molar-refractivity contribution is 5.81. The molecule has 1 aliphatic carbocycles. The Morgan fingerprint density at radius 3 is 2.53 bits per heavy atom. The minimum Gasteiger partial charge on any atom is -0.396 e. The Hall–Kier alpha value is -0.610. The number of hydrogen-bond donors (Lipinski definition) is 3. The van der Waals surface area contributed by atoms with Crippen LogP contribution in [0.5, 0.6) is 0 Å². The van der Waals surface area contributed by atoms with E-state index in [1.165, 1.54) is 19.3 Å². The number of aliphatic hydroxyl groups excluding tert-OH is 1. The molecule has 1 fully saturated rings. The van der Waals surface area contributed by atoms with Gasteiger partial charge in [-0.25, -0.2) is 0 Å². The number of carbonyl (C=O) groups is 1. The molecule has 1 aliphatic rings. The Kier molecular flexibility index (Phi) is 6.80. The highest BCUT2D eigenvalue weighted by Crippen LogP contribution is 2.18. The van der Waals surface area contributed by atoms with E-state index in [2.05, 4.69) is 24.5 Å². The molecule has 0 spiro atoms. The maximum atomic E-state index is 12.2. The molecule has 0 bridgehead atoms. The van der Waals surface area contributed by atoms with Crippen LogP contribution >= 0.6 is 0 Å². The average Bonchev–Trinajstić information content (AvgIpc) is 2.40. The molecule has 0 heterocycles. The van der Waals surface area contributed by atoms with Crippen molar-refractivity contribution in [2.24, 2.45) is 0 Å². The molecule has 0 aromatic carbocycles. The van der Waals surface area contributed by atoms with E-state index in [0.717, 1.165) is 19.3 Å². The molecule has 0 saturated heterocycles. The molecule has 1 saturated carbocycles. The normalized spacial score (nSPS) is 21.7. The number of nitrogens with one attached hydrogen (secondary N) is 2. The fourth-order valence-corrected chi connectivity index (χ4v) is 2.76. The number of amides is 1. The Morgan fingerprint density at radius 2 is 2.00 bits per heavy atom. The molecule has 2 unspecified atom stereocenters. The van der Waals surface area contributed by atoms with E-state index in [9.17, 15) is 4.79 Å². The summed E-state index contributed by atoms with van der Waals surface area (Å²) in [5.74, 6) is 0.0875. The molecule has 0 aliphatic heterocycles. The molecular weight excluding hydrogens is 240 g/mol. The number of rotatable bonds is 7. The molecule has 0 aromatic heterocycles. The average molecular weight is 270 g/mol. The maximum Gasteiger partial charge on any atom is 0.237 e. The van der Waals surface area contributed by atoms with Crippen LogP contribution in [0.3, 0.4) is 0 Å². The van der Waals surface area contributed by atoms with Crippen molar-refractivity contribution in [2.45, 2.75) is 83.3 Å². The summed E-state index contributed by atoms with van der Waals surface area (Å²) < 4.78 is 0. The molecule has 0 radical (unpaired) electrons. The van der Waals surface area contributed by atoms with Crippen molar-refractivity contribution in [1.29, 1.82) is 0 Å². The van der Waals surface area contributed by atoms with Gasteiger partial charge in [-0.15, -0.1) is 0 Å². The van der Waals surface area contributed by atoms with Gasteiger partial charge in [0.1, 0.15) is 0 Å². The third-order valence-corrected chi connectivity index (χ3v) is 4.35. The SMILES string of the molecule is CCC(C)(CCO)NC(C)C(=O)NC1CCCCC1. The standard InChI is InChI=1S/C15H30N2O2/c1-4-15(3,10-11-18)17-12(2)14(19)16-13-8-6-5-7-9-13/h12-13,17-18H,4-11H2,1-3H3,(H,16,19). The van der Waals surface area contributed by atoms with E-state index in [4.69, 9.17) is 5.11 Å². The van der Waals surface area contributed by atoms with Crippen LogP contribution < -0.4 is 10.6 Å². The summed E-state index contributed by atoms with van der Waals surface area (Å²) in [6, 6.07) is 0.148. The molecular formula is C15H30N2O2. The number of hydrogen-bond acceptors (Lipinski definition) is 3. The van der Waals surface area contributed by atoms with Crippen LogP contribution in [-0.4, -0.2) is 35.2 Å². The second-order valence-electron chi connectivity index (χ2n) is 6.10. The summed E-state index contributed by atoms with van der Waals surface area (Å²) in [4.78, 5) is 12.2. The first kappa shape index (κ1) is 16.4. The zero-order valence-corrected chi connectivity index (χ0v) is 12.7. The van der Waals surface area contributed by atoms with Crippen LogP contribution in [0.15, 0.2) is 0 Å². The quantitative estimate of drug-likeness (QED) is 0.663. The largest absolute Gasteiger partial charge is 0.396 e. The molecule has 3 N–H and O–H groups in total. The van der Waals surface area contributed by atoms with Gasteiger partial charge in [0.05, 0.1) is 6.04 Å². The minimum atomic E-state index is -0.210. The highest BCUT2D eigenvalue weighted by Gasteiger charge is 2.27. The Labute approximate surface area is 117 Å². The van der Waals surface area contributed by atoms with E-state index in [0.29, 0.717) is 12.5 Å². The minimum absolute atomic E-state index is 0.0875. The predicted octanol–water partition coefficient (Wildman–Crippen LogP) is 1.96. The van der Waals surface area contributed by atoms with Gasteiger partial charge in [0.15, 0.2) is 0 Å². The van der Waals surface area contributed by atoms with Crippen LogP contribution in [-0.2, 0) is 4.79 Å². The van der Waals surface area contributed by atoms with Gasteiger partial charge in [0.2, 0.25) is 5.91 Å². The lowest BCUT2D eigenvalue weighted by molar-refractivity contribution is -0.124.